The third-order valence-electron chi connectivity index (χ3n) is 5.23. The average Bonchev–Trinajstić information content (AvgIpc) is 2.76. The Bertz CT molecular complexity index is 442. The summed E-state index contributed by atoms with van der Waals surface area (Å²) in [6.45, 7) is 2.17. The zero-order valence-electron chi connectivity index (χ0n) is 11.7. The van der Waals surface area contributed by atoms with Crippen molar-refractivity contribution in [3.05, 3.63) is 20.3 Å². The largest absolute Gasteiger partial charge is 0.323 e. The van der Waals surface area contributed by atoms with Crippen LogP contribution in [0.2, 0.25) is 0 Å². The number of fused-ring (bicyclic) bond motifs is 1. The fraction of sp³-hybridized carbons (Fsp3) is 0.750. The van der Waals surface area contributed by atoms with Crippen LogP contribution < -0.4 is 5.73 Å². The van der Waals surface area contributed by atoms with Gasteiger partial charge in [-0.15, -0.1) is 11.3 Å². The van der Waals surface area contributed by atoms with Crippen LogP contribution in [0, 0.1) is 24.7 Å². The Morgan fingerprint density at radius 1 is 1.21 bits per heavy atom. The van der Waals surface area contributed by atoms with E-state index in [0.29, 0.717) is 5.92 Å². The molecule has 0 spiro atoms. The van der Waals surface area contributed by atoms with Crippen LogP contribution in [-0.2, 0) is 0 Å². The fourth-order valence-electron chi connectivity index (χ4n) is 4.18. The maximum absolute atomic E-state index is 6.59. The van der Waals surface area contributed by atoms with Crippen LogP contribution in [0.15, 0.2) is 10.5 Å². The number of aryl methyl sites for hydroxylation is 1. The average molecular weight is 342 g/mol. The van der Waals surface area contributed by atoms with E-state index >= 15 is 0 Å². The number of hydrogen-bond donors (Lipinski definition) is 1. The number of nitrogens with two attached hydrogens (primary N) is 1. The van der Waals surface area contributed by atoms with Gasteiger partial charge in [0, 0.05) is 20.3 Å². The Balaban J connectivity index is 1.70. The van der Waals surface area contributed by atoms with Gasteiger partial charge in [0.1, 0.15) is 0 Å². The van der Waals surface area contributed by atoms with E-state index in [1.165, 1.54) is 59.2 Å². The van der Waals surface area contributed by atoms with Gasteiger partial charge in [-0.05, 0) is 65.9 Å². The second-order valence-electron chi connectivity index (χ2n) is 6.47. The van der Waals surface area contributed by atoms with Crippen molar-refractivity contribution in [2.75, 3.05) is 0 Å². The molecule has 2 saturated carbocycles. The number of thiophene rings is 1. The van der Waals surface area contributed by atoms with Crippen LogP contribution >= 0.6 is 27.3 Å². The van der Waals surface area contributed by atoms with Gasteiger partial charge in [-0.3, -0.25) is 0 Å². The zero-order valence-corrected chi connectivity index (χ0v) is 14.1. The molecule has 106 valence electrons. The summed E-state index contributed by atoms with van der Waals surface area (Å²) in [6.07, 6.45) is 9.98. The maximum atomic E-state index is 6.59. The van der Waals surface area contributed by atoms with E-state index in [-0.39, 0.29) is 6.04 Å². The van der Waals surface area contributed by atoms with Crippen molar-refractivity contribution < 1.29 is 0 Å². The number of halogens is 1. The van der Waals surface area contributed by atoms with Crippen molar-refractivity contribution in [3.8, 4) is 0 Å². The normalized spacial score (nSPS) is 32.9. The Kier molecular flexibility index (Phi) is 4.35. The van der Waals surface area contributed by atoms with Crippen LogP contribution in [0.25, 0.3) is 0 Å². The third kappa shape index (κ3) is 2.93. The lowest BCUT2D eigenvalue weighted by Crippen LogP contribution is -2.32. The molecule has 19 heavy (non-hydrogen) atoms. The first kappa shape index (κ1) is 14.1. The molecular formula is C16H24BrNS. The Morgan fingerprint density at radius 3 is 2.63 bits per heavy atom. The number of rotatable bonds is 2. The second kappa shape index (κ2) is 5.87. The van der Waals surface area contributed by atoms with E-state index in [2.05, 4.69) is 28.9 Å². The smallest absolute Gasteiger partial charge is 0.0430 e. The van der Waals surface area contributed by atoms with Crippen molar-refractivity contribution in [3.63, 3.8) is 0 Å². The lowest BCUT2D eigenvalue weighted by molar-refractivity contribution is 0.118. The molecule has 3 rings (SSSR count). The van der Waals surface area contributed by atoms with Crippen LogP contribution in [0.3, 0.4) is 0 Å². The SMILES string of the molecule is Cc1cc(Br)c(C(N)C2CCC3CCCCC3C2)s1. The second-order valence-corrected chi connectivity index (χ2v) is 8.62. The third-order valence-corrected chi connectivity index (χ3v) is 7.30. The highest BCUT2D eigenvalue weighted by atomic mass is 79.9. The summed E-state index contributed by atoms with van der Waals surface area (Å²) >= 11 is 5.56. The van der Waals surface area contributed by atoms with E-state index in [0.717, 1.165) is 11.8 Å². The van der Waals surface area contributed by atoms with Crippen LogP contribution in [0.1, 0.15) is 60.7 Å². The first-order valence-electron chi connectivity index (χ1n) is 7.66. The molecule has 4 unspecified atom stereocenters. The molecule has 3 heteroatoms. The van der Waals surface area contributed by atoms with Crippen molar-refractivity contribution in [1.29, 1.82) is 0 Å². The van der Waals surface area contributed by atoms with Gasteiger partial charge in [0.25, 0.3) is 0 Å². The van der Waals surface area contributed by atoms with Gasteiger partial charge in [0.15, 0.2) is 0 Å². The summed E-state index contributed by atoms with van der Waals surface area (Å²) < 4.78 is 1.23. The highest BCUT2D eigenvalue weighted by Crippen LogP contribution is 2.47. The van der Waals surface area contributed by atoms with Crippen LogP contribution in [0.4, 0.5) is 0 Å². The molecule has 1 aromatic rings. The molecule has 0 bridgehead atoms. The van der Waals surface area contributed by atoms with Crippen LogP contribution in [-0.4, -0.2) is 0 Å². The monoisotopic (exact) mass is 341 g/mol. The fourth-order valence-corrected chi connectivity index (χ4v) is 6.19. The predicted molar refractivity (Wildman–Crippen MR) is 86.5 cm³/mol. The Labute approximate surface area is 129 Å². The first-order chi connectivity index (χ1) is 9.15. The lowest BCUT2D eigenvalue weighted by atomic mass is 9.66. The van der Waals surface area contributed by atoms with Gasteiger partial charge in [-0.2, -0.15) is 0 Å². The molecule has 2 aliphatic rings. The van der Waals surface area contributed by atoms with E-state index < -0.39 is 0 Å². The first-order valence-corrected chi connectivity index (χ1v) is 9.27. The molecule has 0 radical (unpaired) electrons. The topological polar surface area (TPSA) is 26.0 Å². The number of hydrogen-bond acceptors (Lipinski definition) is 2. The summed E-state index contributed by atoms with van der Waals surface area (Å²) in [7, 11) is 0. The van der Waals surface area contributed by atoms with Crippen LogP contribution in [0.5, 0.6) is 0 Å². The molecule has 1 aromatic heterocycles. The molecule has 4 atom stereocenters. The molecule has 0 saturated heterocycles. The molecule has 1 nitrogen and oxygen atoms in total. The lowest BCUT2D eigenvalue weighted by Gasteiger charge is -2.41. The molecule has 2 aliphatic carbocycles. The molecule has 2 N–H and O–H groups in total. The summed E-state index contributed by atoms with van der Waals surface area (Å²) in [5, 5.41) is 0. The van der Waals surface area contributed by atoms with E-state index in [1.807, 2.05) is 11.3 Å². The van der Waals surface area contributed by atoms with Gasteiger partial charge in [-0.1, -0.05) is 25.7 Å². The zero-order chi connectivity index (χ0) is 13.4. The predicted octanol–water partition coefficient (Wildman–Crippen LogP) is 5.43. The summed E-state index contributed by atoms with van der Waals surface area (Å²) in [5.41, 5.74) is 6.59. The molecule has 0 aromatic carbocycles. The molecule has 1 heterocycles. The highest BCUT2D eigenvalue weighted by Gasteiger charge is 2.35. The van der Waals surface area contributed by atoms with Crippen molar-refractivity contribution in [2.24, 2.45) is 23.5 Å². The Morgan fingerprint density at radius 2 is 1.95 bits per heavy atom. The molecule has 2 fully saturated rings. The van der Waals surface area contributed by atoms with E-state index in [9.17, 15) is 0 Å². The molecular weight excluding hydrogens is 318 g/mol. The van der Waals surface area contributed by atoms with Crippen molar-refractivity contribution >= 4 is 27.3 Å². The summed E-state index contributed by atoms with van der Waals surface area (Å²) in [6, 6.07) is 2.46. The minimum Gasteiger partial charge on any atom is -0.323 e. The molecule has 0 amide bonds. The van der Waals surface area contributed by atoms with Gasteiger partial charge in [0.2, 0.25) is 0 Å². The maximum Gasteiger partial charge on any atom is 0.0430 e. The van der Waals surface area contributed by atoms with Gasteiger partial charge >= 0.3 is 0 Å². The Hall–Kier alpha value is 0.140. The minimum absolute atomic E-state index is 0.246. The summed E-state index contributed by atoms with van der Waals surface area (Å²) in [5.74, 6) is 2.69. The van der Waals surface area contributed by atoms with E-state index in [4.69, 9.17) is 5.73 Å². The minimum atomic E-state index is 0.246. The van der Waals surface area contributed by atoms with Gasteiger partial charge in [-0.25, -0.2) is 0 Å². The highest BCUT2D eigenvalue weighted by molar-refractivity contribution is 9.10. The summed E-state index contributed by atoms with van der Waals surface area (Å²) in [4.78, 5) is 2.74. The van der Waals surface area contributed by atoms with Crippen molar-refractivity contribution in [2.45, 2.75) is 57.9 Å². The van der Waals surface area contributed by atoms with Gasteiger partial charge in [0.05, 0.1) is 0 Å². The van der Waals surface area contributed by atoms with E-state index in [1.54, 1.807) is 0 Å². The van der Waals surface area contributed by atoms with Crippen molar-refractivity contribution in [1.82, 2.24) is 0 Å². The molecule has 0 aliphatic heterocycles. The van der Waals surface area contributed by atoms with Gasteiger partial charge < -0.3 is 5.73 Å². The quantitative estimate of drug-likeness (QED) is 0.762. The standard InChI is InChI=1S/C16H24BrNS/c1-10-8-14(17)16(19-10)15(18)13-7-6-11-4-2-3-5-12(11)9-13/h8,11-13,15H,2-7,9,18H2,1H3.